The molecule has 3 N–H and O–H groups in total. The minimum Gasteiger partial charge on any atom is -0.402 e. The zero-order chi connectivity index (χ0) is 12.0. The summed E-state index contributed by atoms with van der Waals surface area (Å²) in [6.07, 6.45) is 1.55. The van der Waals surface area contributed by atoms with Crippen LogP contribution >= 0.6 is 11.3 Å². The Morgan fingerprint density at radius 2 is 2.31 bits per heavy atom. The van der Waals surface area contributed by atoms with Crippen LogP contribution in [0.5, 0.6) is 0 Å². The molecule has 0 saturated carbocycles. The van der Waals surface area contributed by atoms with Gasteiger partial charge in [-0.1, -0.05) is 13.0 Å². The van der Waals surface area contributed by atoms with Gasteiger partial charge in [-0.2, -0.15) is 0 Å². The second-order valence-electron chi connectivity index (χ2n) is 3.60. The Hall–Kier alpha value is -1.29. The molecule has 0 bridgehead atoms. The molecular weight excluding hydrogens is 220 g/mol. The molecule has 1 aromatic heterocycles. The van der Waals surface area contributed by atoms with E-state index in [1.807, 2.05) is 18.4 Å². The van der Waals surface area contributed by atoms with E-state index in [1.54, 1.807) is 18.3 Å². The van der Waals surface area contributed by atoms with Crippen molar-refractivity contribution in [2.24, 2.45) is 5.73 Å². The normalized spacial score (nSPS) is 12.1. The quantitative estimate of drug-likeness (QED) is 0.771. The summed E-state index contributed by atoms with van der Waals surface area (Å²) in [6.45, 7) is 4.36. The minimum atomic E-state index is -0.0425. The number of hydrogen-bond acceptors (Lipinski definition) is 3. The zero-order valence-electron chi connectivity index (χ0n) is 9.75. The maximum absolute atomic E-state index is 11.7. The molecule has 16 heavy (non-hydrogen) atoms. The number of rotatable bonds is 5. The van der Waals surface area contributed by atoms with Crippen LogP contribution in [0, 0.1) is 0 Å². The van der Waals surface area contributed by atoms with E-state index in [9.17, 15) is 4.79 Å². The van der Waals surface area contributed by atoms with E-state index in [-0.39, 0.29) is 5.91 Å². The van der Waals surface area contributed by atoms with Gasteiger partial charge in [-0.3, -0.25) is 4.79 Å². The van der Waals surface area contributed by atoms with Crippen LogP contribution in [0.4, 0.5) is 0 Å². The van der Waals surface area contributed by atoms with E-state index in [2.05, 4.69) is 11.4 Å². The van der Waals surface area contributed by atoms with Crippen molar-refractivity contribution in [3.05, 3.63) is 33.7 Å². The Kier molecular flexibility index (Phi) is 5.05. The summed E-state index contributed by atoms with van der Waals surface area (Å²) in [6, 6.07) is 4.09. The van der Waals surface area contributed by atoms with Gasteiger partial charge in [0.15, 0.2) is 0 Å². The number of carbonyl (C=O) groups is 1. The molecule has 0 saturated heterocycles. The highest BCUT2D eigenvalue weighted by Gasteiger charge is 2.08. The number of amides is 1. The molecule has 3 nitrogen and oxygen atoms in total. The van der Waals surface area contributed by atoms with Gasteiger partial charge in [0, 0.05) is 22.7 Å². The molecule has 1 aromatic rings. The molecule has 0 aliphatic heterocycles. The predicted molar refractivity (Wildman–Crippen MR) is 68.2 cm³/mol. The van der Waals surface area contributed by atoms with Gasteiger partial charge in [-0.25, -0.2) is 0 Å². The first-order valence-electron chi connectivity index (χ1n) is 5.41. The molecule has 4 heteroatoms. The number of thiophene rings is 1. The topological polar surface area (TPSA) is 55.1 Å². The second kappa shape index (κ2) is 6.33. The van der Waals surface area contributed by atoms with Crippen molar-refractivity contribution in [3.8, 4) is 0 Å². The summed E-state index contributed by atoms with van der Waals surface area (Å²) in [5, 5.41) is 4.92. The van der Waals surface area contributed by atoms with Crippen LogP contribution in [0.1, 0.15) is 25.1 Å². The summed E-state index contributed by atoms with van der Waals surface area (Å²) < 4.78 is 0. The average molecular weight is 238 g/mol. The summed E-state index contributed by atoms with van der Waals surface area (Å²) in [4.78, 5) is 13.0. The number of nitrogens with one attached hydrogen (secondary N) is 1. The Morgan fingerprint density at radius 3 is 2.81 bits per heavy atom. The van der Waals surface area contributed by atoms with Gasteiger partial charge in [0.05, 0.1) is 0 Å². The van der Waals surface area contributed by atoms with Crippen molar-refractivity contribution in [1.82, 2.24) is 5.32 Å². The summed E-state index contributed by atoms with van der Waals surface area (Å²) in [7, 11) is 0. The lowest BCUT2D eigenvalue weighted by Gasteiger charge is -2.08. The number of hydrogen-bond donors (Lipinski definition) is 2. The minimum absolute atomic E-state index is 0.0425. The van der Waals surface area contributed by atoms with Gasteiger partial charge in [0.25, 0.3) is 0 Å². The Balaban J connectivity index is 2.38. The molecule has 1 amide bonds. The van der Waals surface area contributed by atoms with Crippen molar-refractivity contribution in [3.63, 3.8) is 0 Å². The zero-order valence-corrected chi connectivity index (χ0v) is 10.6. The third kappa shape index (κ3) is 3.70. The van der Waals surface area contributed by atoms with Gasteiger partial charge in [-0.15, -0.1) is 11.3 Å². The molecule has 1 rings (SSSR count). The van der Waals surface area contributed by atoms with Crippen molar-refractivity contribution in [2.45, 2.75) is 26.7 Å². The second-order valence-corrected chi connectivity index (χ2v) is 4.63. The molecule has 0 radical (unpaired) electrons. The van der Waals surface area contributed by atoms with E-state index in [0.717, 1.165) is 6.42 Å². The van der Waals surface area contributed by atoms with Crippen LogP contribution in [0.25, 0.3) is 0 Å². The molecule has 1 heterocycles. The van der Waals surface area contributed by atoms with E-state index >= 15 is 0 Å². The van der Waals surface area contributed by atoms with E-state index in [0.29, 0.717) is 24.2 Å². The fourth-order valence-electron chi connectivity index (χ4n) is 1.48. The first-order valence-corrected chi connectivity index (χ1v) is 6.29. The van der Waals surface area contributed by atoms with Crippen molar-refractivity contribution in [2.75, 3.05) is 6.54 Å². The summed E-state index contributed by atoms with van der Waals surface area (Å²) >= 11 is 1.71. The van der Waals surface area contributed by atoms with Crippen LogP contribution in [0.3, 0.4) is 0 Å². The fraction of sp³-hybridized carbons (Fsp3) is 0.417. The third-order valence-corrected chi connectivity index (χ3v) is 3.28. The third-order valence-electron chi connectivity index (χ3n) is 2.34. The molecule has 0 aliphatic rings. The molecule has 88 valence electrons. The lowest BCUT2D eigenvalue weighted by atomic mass is 10.1. The van der Waals surface area contributed by atoms with Gasteiger partial charge in [0.2, 0.25) is 5.91 Å². The monoisotopic (exact) mass is 238 g/mol. The molecule has 0 spiro atoms. The maximum atomic E-state index is 11.7. The molecule has 0 aromatic carbocycles. The smallest absolute Gasteiger partial charge is 0.248 e. The lowest BCUT2D eigenvalue weighted by Crippen LogP contribution is -2.28. The van der Waals surface area contributed by atoms with Crippen LogP contribution in [-0.4, -0.2) is 12.5 Å². The molecular formula is C12H18N2OS. The predicted octanol–water partition coefficient (Wildman–Crippen LogP) is 2.05. The largest absolute Gasteiger partial charge is 0.402 e. The maximum Gasteiger partial charge on any atom is 0.248 e. The standard InChI is InChI=1S/C12H18N2OS/c1-3-11(9(2)13)12(15)14-7-6-10-5-4-8-16-10/h4-5,8H,3,6-7,13H2,1-2H3,(H,14,15)/b11-9+. The molecule has 0 fully saturated rings. The Bertz CT molecular complexity index is 364. The summed E-state index contributed by atoms with van der Waals surface area (Å²) in [5.41, 5.74) is 6.93. The summed E-state index contributed by atoms with van der Waals surface area (Å²) in [5.74, 6) is -0.0425. The van der Waals surface area contributed by atoms with Crippen LogP contribution in [0.2, 0.25) is 0 Å². The first-order chi connectivity index (χ1) is 7.65. The molecule has 0 aliphatic carbocycles. The van der Waals surface area contributed by atoms with E-state index < -0.39 is 0 Å². The lowest BCUT2D eigenvalue weighted by molar-refractivity contribution is -0.117. The van der Waals surface area contributed by atoms with Crippen molar-refractivity contribution >= 4 is 17.2 Å². The van der Waals surface area contributed by atoms with Crippen molar-refractivity contribution < 1.29 is 4.79 Å². The van der Waals surface area contributed by atoms with Crippen molar-refractivity contribution in [1.29, 1.82) is 0 Å². The van der Waals surface area contributed by atoms with Crippen LogP contribution in [-0.2, 0) is 11.2 Å². The van der Waals surface area contributed by atoms with E-state index in [4.69, 9.17) is 5.73 Å². The SMILES string of the molecule is CC/C(C(=O)NCCc1cccs1)=C(/C)N. The molecule has 0 unspecified atom stereocenters. The number of allylic oxidation sites excluding steroid dienone is 1. The fourth-order valence-corrected chi connectivity index (χ4v) is 2.19. The number of nitrogens with two attached hydrogens (primary N) is 1. The average Bonchev–Trinajstić information content (AvgIpc) is 2.71. The van der Waals surface area contributed by atoms with Crippen LogP contribution < -0.4 is 11.1 Å². The van der Waals surface area contributed by atoms with E-state index in [1.165, 1.54) is 4.88 Å². The highest BCUT2D eigenvalue weighted by atomic mass is 32.1. The number of carbonyl (C=O) groups excluding carboxylic acids is 1. The Labute approximate surface area is 100 Å². The first kappa shape index (κ1) is 12.8. The highest BCUT2D eigenvalue weighted by molar-refractivity contribution is 7.09. The Morgan fingerprint density at radius 1 is 1.56 bits per heavy atom. The van der Waals surface area contributed by atoms with Gasteiger partial charge >= 0.3 is 0 Å². The highest BCUT2D eigenvalue weighted by Crippen LogP contribution is 2.08. The van der Waals surface area contributed by atoms with Crippen LogP contribution in [0.15, 0.2) is 28.8 Å². The van der Waals surface area contributed by atoms with Gasteiger partial charge in [0.1, 0.15) is 0 Å². The molecule has 0 atom stereocenters. The van der Waals surface area contributed by atoms with Gasteiger partial charge < -0.3 is 11.1 Å². The van der Waals surface area contributed by atoms with Gasteiger partial charge in [-0.05, 0) is 31.2 Å².